The van der Waals surface area contributed by atoms with E-state index in [4.69, 9.17) is 14.8 Å². The first kappa shape index (κ1) is 12.6. The smallest absolute Gasteiger partial charge is 0.496 e. The van der Waals surface area contributed by atoms with Crippen molar-refractivity contribution in [2.45, 2.75) is 32.6 Å². The maximum atomic E-state index is 9.04. The first-order valence-corrected chi connectivity index (χ1v) is 6.03. The molecule has 3 nitrogen and oxygen atoms in total. The van der Waals surface area contributed by atoms with Crippen LogP contribution < -0.4 is 9.51 Å². The van der Waals surface area contributed by atoms with Crippen LogP contribution in [0.3, 0.4) is 0 Å². The third kappa shape index (κ3) is 3.52. The molecule has 0 aliphatic carbocycles. The molecule has 0 spiro atoms. The fraction of sp³-hybridized carbons (Fsp3) is 0.600. The summed E-state index contributed by atoms with van der Waals surface area (Å²) in [6, 6.07) is 1.70. The molecule has 0 fully saturated rings. The Bertz CT molecular complexity index is 299. The number of hydrogen-bond donors (Lipinski definition) is 2. The topological polar surface area (TPSA) is 49.7 Å². The Hall–Kier alpha value is -0.515. The maximum Gasteiger partial charge on any atom is 0.499 e. The summed E-state index contributed by atoms with van der Waals surface area (Å²) in [4.78, 5) is 1.11. The molecule has 1 rings (SSSR count). The van der Waals surface area contributed by atoms with E-state index in [1.54, 1.807) is 13.2 Å². The molecule has 1 aromatic rings. The Kier molecular flexibility index (Phi) is 5.15. The van der Waals surface area contributed by atoms with Gasteiger partial charge < -0.3 is 14.8 Å². The minimum Gasteiger partial charge on any atom is -0.496 e. The van der Waals surface area contributed by atoms with Gasteiger partial charge in [0.15, 0.2) is 0 Å². The molecule has 1 heterocycles. The van der Waals surface area contributed by atoms with Crippen molar-refractivity contribution in [1.82, 2.24) is 0 Å². The van der Waals surface area contributed by atoms with Crippen LogP contribution in [0.4, 0.5) is 0 Å². The third-order valence-corrected chi connectivity index (χ3v) is 3.49. The quantitative estimate of drug-likeness (QED) is 0.567. The second-order valence-corrected chi connectivity index (χ2v) is 4.64. The van der Waals surface area contributed by atoms with E-state index in [0.29, 0.717) is 4.78 Å². The highest BCUT2D eigenvalue weighted by molar-refractivity contribution is 7.22. The summed E-state index contributed by atoms with van der Waals surface area (Å²) in [6.07, 6.45) is 4.45. The fourth-order valence-corrected chi connectivity index (χ4v) is 2.49. The van der Waals surface area contributed by atoms with Gasteiger partial charge >= 0.3 is 7.12 Å². The number of rotatable bonds is 6. The highest BCUT2D eigenvalue weighted by atomic mass is 32.1. The van der Waals surface area contributed by atoms with E-state index in [1.807, 2.05) is 0 Å². The Morgan fingerprint density at radius 1 is 1.40 bits per heavy atom. The van der Waals surface area contributed by atoms with E-state index in [2.05, 4.69) is 6.92 Å². The molecule has 2 N–H and O–H groups in total. The molecule has 0 aliphatic rings. The van der Waals surface area contributed by atoms with E-state index in [1.165, 1.54) is 24.2 Å². The summed E-state index contributed by atoms with van der Waals surface area (Å²) >= 11 is 1.42. The van der Waals surface area contributed by atoms with Crippen molar-refractivity contribution >= 4 is 23.2 Å². The molecule has 5 heteroatoms. The van der Waals surface area contributed by atoms with Gasteiger partial charge in [-0.25, -0.2) is 0 Å². The van der Waals surface area contributed by atoms with Gasteiger partial charge in [-0.15, -0.1) is 11.3 Å². The summed E-state index contributed by atoms with van der Waals surface area (Å²) in [7, 11) is 0.225. The van der Waals surface area contributed by atoms with Gasteiger partial charge in [0, 0.05) is 9.65 Å². The number of aryl methyl sites for hydroxylation is 1. The summed E-state index contributed by atoms with van der Waals surface area (Å²) in [5, 5.41) is 18.1. The summed E-state index contributed by atoms with van der Waals surface area (Å²) in [6.45, 7) is 2.16. The average Bonchev–Trinajstić information content (AvgIpc) is 2.62. The Morgan fingerprint density at radius 2 is 2.13 bits per heavy atom. The van der Waals surface area contributed by atoms with Crippen LogP contribution >= 0.6 is 11.3 Å². The molecule has 15 heavy (non-hydrogen) atoms. The Morgan fingerprint density at radius 3 is 2.67 bits per heavy atom. The standard InChI is InChI=1S/C10H17BO3S/c1-3-4-5-6-9-8(14-2)7-10(15-9)11(12)13/h7,12-13H,3-6H2,1-2H3. The van der Waals surface area contributed by atoms with Crippen molar-refractivity contribution in [3.63, 3.8) is 0 Å². The van der Waals surface area contributed by atoms with Gasteiger partial charge in [0.1, 0.15) is 5.75 Å². The molecule has 0 atom stereocenters. The van der Waals surface area contributed by atoms with E-state index < -0.39 is 7.12 Å². The lowest BCUT2D eigenvalue weighted by Crippen LogP contribution is -2.26. The molecule has 0 aromatic carbocycles. The molecule has 1 aromatic heterocycles. The predicted octanol–water partition coefficient (Wildman–Crippen LogP) is 1.17. The van der Waals surface area contributed by atoms with Gasteiger partial charge in [0.25, 0.3) is 0 Å². The number of thiophene rings is 1. The molecule has 0 amide bonds. The minimum atomic E-state index is -1.39. The molecule has 0 unspecified atom stereocenters. The van der Waals surface area contributed by atoms with Crippen LogP contribution in [0.2, 0.25) is 0 Å². The summed E-state index contributed by atoms with van der Waals surface area (Å²) in [5.41, 5.74) is 0. The van der Waals surface area contributed by atoms with Crippen LogP contribution in [0.25, 0.3) is 0 Å². The van der Waals surface area contributed by atoms with Gasteiger partial charge in [0.2, 0.25) is 0 Å². The van der Waals surface area contributed by atoms with Crippen LogP contribution in [0, 0.1) is 0 Å². The molecular formula is C10H17BO3S. The number of unbranched alkanes of at least 4 members (excludes halogenated alkanes) is 2. The van der Waals surface area contributed by atoms with Crippen molar-refractivity contribution in [1.29, 1.82) is 0 Å². The highest BCUT2D eigenvalue weighted by Crippen LogP contribution is 2.25. The summed E-state index contributed by atoms with van der Waals surface area (Å²) in [5.74, 6) is 0.777. The number of ether oxygens (including phenoxy) is 1. The van der Waals surface area contributed by atoms with E-state index in [-0.39, 0.29) is 0 Å². The lowest BCUT2D eigenvalue weighted by Gasteiger charge is -2.00. The van der Waals surface area contributed by atoms with E-state index in [0.717, 1.165) is 23.5 Å². The molecular weight excluding hydrogens is 211 g/mol. The lowest BCUT2D eigenvalue weighted by atomic mass is 9.89. The predicted molar refractivity (Wildman–Crippen MR) is 63.9 cm³/mol. The zero-order valence-electron chi connectivity index (χ0n) is 9.19. The lowest BCUT2D eigenvalue weighted by molar-refractivity contribution is 0.410. The monoisotopic (exact) mass is 228 g/mol. The van der Waals surface area contributed by atoms with Crippen molar-refractivity contribution in [2.75, 3.05) is 7.11 Å². The SMILES string of the molecule is CCCCCc1sc(B(O)O)cc1OC. The van der Waals surface area contributed by atoms with Crippen LogP contribution in [0.15, 0.2) is 6.07 Å². The van der Waals surface area contributed by atoms with Crippen molar-refractivity contribution in [2.24, 2.45) is 0 Å². The largest absolute Gasteiger partial charge is 0.499 e. The van der Waals surface area contributed by atoms with Gasteiger partial charge in [-0.1, -0.05) is 19.8 Å². The van der Waals surface area contributed by atoms with Crippen molar-refractivity contribution in [3.05, 3.63) is 10.9 Å². The van der Waals surface area contributed by atoms with Crippen LogP contribution in [-0.2, 0) is 6.42 Å². The molecule has 0 saturated carbocycles. The van der Waals surface area contributed by atoms with E-state index >= 15 is 0 Å². The van der Waals surface area contributed by atoms with Crippen molar-refractivity contribution in [3.8, 4) is 5.75 Å². The van der Waals surface area contributed by atoms with Crippen LogP contribution in [0.5, 0.6) is 5.75 Å². The van der Waals surface area contributed by atoms with Gasteiger partial charge in [-0.3, -0.25) is 0 Å². The van der Waals surface area contributed by atoms with Gasteiger partial charge in [0.05, 0.1) is 7.11 Å². The maximum absolute atomic E-state index is 9.04. The fourth-order valence-electron chi connectivity index (χ4n) is 1.44. The van der Waals surface area contributed by atoms with E-state index in [9.17, 15) is 0 Å². The normalized spacial score (nSPS) is 10.4. The minimum absolute atomic E-state index is 0.554. The zero-order chi connectivity index (χ0) is 11.3. The molecule has 0 aliphatic heterocycles. The second kappa shape index (κ2) is 6.15. The molecule has 0 radical (unpaired) electrons. The second-order valence-electron chi connectivity index (χ2n) is 3.47. The molecule has 84 valence electrons. The number of hydrogen-bond acceptors (Lipinski definition) is 4. The van der Waals surface area contributed by atoms with Gasteiger partial charge in [-0.2, -0.15) is 0 Å². The van der Waals surface area contributed by atoms with Crippen LogP contribution in [-0.4, -0.2) is 24.3 Å². The van der Waals surface area contributed by atoms with Crippen molar-refractivity contribution < 1.29 is 14.8 Å². The third-order valence-electron chi connectivity index (χ3n) is 2.27. The Balaban J connectivity index is 2.67. The molecule has 0 bridgehead atoms. The first-order valence-electron chi connectivity index (χ1n) is 5.21. The summed E-state index contributed by atoms with van der Waals surface area (Å²) < 4.78 is 5.75. The molecule has 0 saturated heterocycles. The van der Waals surface area contributed by atoms with Crippen LogP contribution in [0.1, 0.15) is 31.1 Å². The average molecular weight is 228 g/mol. The Labute approximate surface area is 94.9 Å². The van der Waals surface area contributed by atoms with Gasteiger partial charge in [-0.05, 0) is 18.9 Å². The number of methoxy groups -OCH3 is 1. The highest BCUT2D eigenvalue weighted by Gasteiger charge is 2.18. The zero-order valence-corrected chi connectivity index (χ0v) is 10.0. The first-order chi connectivity index (χ1) is 7.19.